The molecule has 0 spiro atoms. The molecule has 0 aromatic heterocycles. The molecule has 0 aliphatic heterocycles. The third kappa shape index (κ3) is 4.02. The van der Waals surface area contributed by atoms with E-state index < -0.39 is 0 Å². The Hall–Kier alpha value is -1.03. The Bertz CT molecular complexity index is 432. The van der Waals surface area contributed by atoms with Gasteiger partial charge in [0.15, 0.2) is 0 Å². The smallest absolute Gasteiger partial charge is 0.338 e. The lowest BCUT2D eigenvalue weighted by Crippen LogP contribution is -2.13. The third-order valence-electron chi connectivity index (χ3n) is 2.91. The molecule has 0 fully saturated rings. The molecule has 1 aromatic rings. The lowest BCUT2D eigenvalue weighted by atomic mass is 10.1. The number of carbonyl (C=O) groups is 1. The summed E-state index contributed by atoms with van der Waals surface area (Å²) in [5.74, 6) is 0.0900. The second-order valence-electron chi connectivity index (χ2n) is 4.66. The Labute approximate surface area is 117 Å². The van der Waals surface area contributed by atoms with Crippen LogP contribution in [0.5, 0.6) is 0 Å². The van der Waals surface area contributed by atoms with Crippen LogP contribution in [0.15, 0.2) is 16.6 Å². The quantitative estimate of drug-likeness (QED) is 0.662. The molecule has 0 saturated heterocycles. The molecule has 3 nitrogen and oxygen atoms in total. The van der Waals surface area contributed by atoms with Gasteiger partial charge in [-0.25, -0.2) is 4.79 Å². The first-order valence-corrected chi connectivity index (χ1v) is 6.97. The Morgan fingerprint density at radius 1 is 1.50 bits per heavy atom. The summed E-state index contributed by atoms with van der Waals surface area (Å²) in [6.07, 6.45) is 2.16. The zero-order valence-electron chi connectivity index (χ0n) is 11.1. The molecule has 100 valence electrons. The number of ether oxygens (including phenoxy) is 1. The molecule has 0 saturated carbocycles. The summed E-state index contributed by atoms with van der Waals surface area (Å²) in [5.41, 5.74) is 7.72. The average molecular weight is 314 g/mol. The summed E-state index contributed by atoms with van der Waals surface area (Å²) in [5, 5.41) is 0. The Morgan fingerprint density at radius 3 is 2.78 bits per heavy atom. The van der Waals surface area contributed by atoms with Crippen molar-refractivity contribution in [3.05, 3.63) is 27.7 Å². The maximum absolute atomic E-state index is 12.0. The van der Waals surface area contributed by atoms with E-state index in [1.165, 1.54) is 0 Å². The van der Waals surface area contributed by atoms with Gasteiger partial charge in [0.2, 0.25) is 0 Å². The molecule has 0 radical (unpaired) electrons. The van der Waals surface area contributed by atoms with Gasteiger partial charge in [-0.15, -0.1) is 0 Å². The molecule has 1 unspecified atom stereocenters. The molecule has 4 heteroatoms. The normalized spacial score (nSPS) is 12.2. The summed E-state index contributed by atoms with van der Waals surface area (Å²) in [6.45, 7) is 6.49. The average Bonchev–Trinajstić information content (AvgIpc) is 2.31. The third-order valence-corrected chi connectivity index (χ3v) is 3.37. The molecule has 0 heterocycles. The summed E-state index contributed by atoms with van der Waals surface area (Å²) >= 11 is 3.33. The van der Waals surface area contributed by atoms with Gasteiger partial charge in [0.1, 0.15) is 0 Å². The lowest BCUT2D eigenvalue weighted by Gasteiger charge is -2.13. The number of carbonyl (C=O) groups excluding carboxylic acids is 1. The minimum absolute atomic E-state index is 0.302. The highest BCUT2D eigenvalue weighted by atomic mass is 79.9. The standard InChI is InChI=1S/C14H20BrNO2/c1-4-5-9(2)8-18-14(17)12-6-11(15)7-13(16)10(12)3/h6-7,9H,4-5,8,16H2,1-3H3. The monoisotopic (exact) mass is 313 g/mol. The summed E-state index contributed by atoms with van der Waals surface area (Å²) in [4.78, 5) is 12.0. The van der Waals surface area contributed by atoms with E-state index in [2.05, 4.69) is 29.8 Å². The Kier molecular flexibility index (Phi) is 5.66. The lowest BCUT2D eigenvalue weighted by molar-refractivity contribution is 0.0443. The number of anilines is 1. The highest BCUT2D eigenvalue weighted by Gasteiger charge is 2.14. The van der Waals surface area contributed by atoms with E-state index in [9.17, 15) is 4.79 Å². The van der Waals surface area contributed by atoms with E-state index in [1.54, 1.807) is 12.1 Å². The number of hydrogen-bond donors (Lipinski definition) is 1. The molecular formula is C14H20BrNO2. The summed E-state index contributed by atoms with van der Waals surface area (Å²) in [7, 11) is 0. The first-order chi connectivity index (χ1) is 8.45. The number of esters is 1. The SMILES string of the molecule is CCCC(C)COC(=O)c1cc(Br)cc(N)c1C. The van der Waals surface area contributed by atoms with E-state index in [0.29, 0.717) is 23.8 Å². The van der Waals surface area contributed by atoms with Gasteiger partial charge in [0.05, 0.1) is 12.2 Å². The summed E-state index contributed by atoms with van der Waals surface area (Å²) < 4.78 is 6.11. The zero-order valence-corrected chi connectivity index (χ0v) is 12.7. The van der Waals surface area contributed by atoms with Gasteiger partial charge in [-0.1, -0.05) is 36.2 Å². The van der Waals surface area contributed by atoms with E-state index in [0.717, 1.165) is 22.9 Å². The second kappa shape index (κ2) is 6.78. The van der Waals surface area contributed by atoms with Crippen molar-refractivity contribution in [3.63, 3.8) is 0 Å². The second-order valence-corrected chi connectivity index (χ2v) is 5.58. The molecule has 0 amide bonds. The zero-order chi connectivity index (χ0) is 13.7. The Morgan fingerprint density at radius 2 is 2.17 bits per heavy atom. The van der Waals surface area contributed by atoms with Crippen LogP contribution in [0.1, 0.15) is 42.6 Å². The van der Waals surface area contributed by atoms with Crippen molar-refractivity contribution in [2.45, 2.75) is 33.6 Å². The number of hydrogen-bond acceptors (Lipinski definition) is 3. The van der Waals surface area contributed by atoms with Gasteiger partial charge >= 0.3 is 5.97 Å². The van der Waals surface area contributed by atoms with Crippen molar-refractivity contribution in [2.75, 3.05) is 12.3 Å². The number of benzene rings is 1. The van der Waals surface area contributed by atoms with Crippen molar-refractivity contribution < 1.29 is 9.53 Å². The maximum Gasteiger partial charge on any atom is 0.338 e. The van der Waals surface area contributed by atoms with Crippen molar-refractivity contribution >= 4 is 27.6 Å². The van der Waals surface area contributed by atoms with E-state index in [4.69, 9.17) is 10.5 Å². The molecule has 0 bridgehead atoms. The number of rotatable bonds is 5. The molecule has 1 atom stereocenters. The molecule has 18 heavy (non-hydrogen) atoms. The van der Waals surface area contributed by atoms with Crippen LogP contribution in [0.2, 0.25) is 0 Å². The van der Waals surface area contributed by atoms with Gasteiger partial charge in [-0.05, 0) is 37.0 Å². The molecule has 2 N–H and O–H groups in total. The van der Waals surface area contributed by atoms with Crippen LogP contribution in [0.4, 0.5) is 5.69 Å². The largest absolute Gasteiger partial charge is 0.462 e. The number of nitrogens with two attached hydrogens (primary N) is 1. The first-order valence-electron chi connectivity index (χ1n) is 6.18. The predicted molar refractivity (Wildman–Crippen MR) is 77.6 cm³/mol. The highest BCUT2D eigenvalue weighted by Crippen LogP contribution is 2.23. The fourth-order valence-electron chi connectivity index (χ4n) is 1.78. The van der Waals surface area contributed by atoms with Crippen LogP contribution in [-0.4, -0.2) is 12.6 Å². The van der Waals surface area contributed by atoms with Gasteiger partial charge in [0.25, 0.3) is 0 Å². The minimum Gasteiger partial charge on any atom is -0.462 e. The van der Waals surface area contributed by atoms with Crippen molar-refractivity contribution in [3.8, 4) is 0 Å². The van der Waals surface area contributed by atoms with Crippen LogP contribution >= 0.6 is 15.9 Å². The van der Waals surface area contributed by atoms with Crippen LogP contribution < -0.4 is 5.73 Å². The van der Waals surface area contributed by atoms with Gasteiger partial charge in [-0.3, -0.25) is 0 Å². The topological polar surface area (TPSA) is 52.3 Å². The van der Waals surface area contributed by atoms with Crippen molar-refractivity contribution in [1.29, 1.82) is 0 Å². The van der Waals surface area contributed by atoms with E-state index >= 15 is 0 Å². The molecule has 0 aliphatic carbocycles. The maximum atomic E-state index is 12.0. The molecular weight excluding hydrogens is 294 g/mol. The highest BCUT2D eigenvalue weighted by molar-refractivity contribution is 9.10. The van der Waals surface area contributed by atoms with Crippen LogP contribution in [0.25, 0.3) is 0 Å². The molecule has 1 rings (SSSR count). The van der Waals surface area contributed by atoms with Gasteiger partial charge in [0, 0.05) is 10.2 Å². The predicted octanol–water partition coefficient (Wildman–Crippen LogP) is 3.93. The van der Waals surface area contributed by atoms with Gasteiger partial charge in [-0.2, -0.15) is 0 Å². The molecule has 0 aliphatic rings. The van der Waals surface area contributed by atoms with Crippen LogP contribution in [0.3, 0.4) is 0 Å². The molecule has 1 aromatic carbocycles. The Balaban J connectivity index is 2.73. The number of nitrogen functional groups attached to an aromatic ring is 1. The minimum atomic E-state index is -0.302. The van der Waals surface area contributed by atoms with E-state index in [-0.39, 0.29) is 5.97 Å². The van der Waals surface area contributed by atoms with Crippen molar-refractivity contribution in [1.82, 2.24) is 0 Å². The number of halogens is 1. The van der Waals surface area contributed by atoms with E-state index in [1.807, 2.05) is 6.92 Å². The van der Waals surface area contributed by atoms with Crippen LogP contribution in [-0.2, 0) is 4.74 Å². The fourth-order valence-corrected chi connectivity index (χ4v) is 2.26. The first kappa shape index (κ1) is 15.0. The van der Waals surface area contributed by atoms with Gasteiger partial charge < -0.3 is 10.5 Å². The van der Waals surface area contributed by atoms with Crippen molar-refractivity contribution in [2.24, 2.45) is 5.92 Å². The fraction of sp³-hybridized carbons (Fsp3) is 0.500. The summed E-state index contributed by atoms with van der Waals surface area (Å²) in [6, 6.07) is 3.53. The van der Waals surface area contributed by atoms with Crippen LogP contribution in [0, 0.1) is 12.8 Å².